The lowest BCUT2D eigenvalue weighted by atomic mass is 9.74. The molecule has 28 heavy (non-hydrogen) atoms. The molecule has 0 spiro atoms. The van der Waals surface area contributed by atoms with Crippen LogP contribution in [0.3, 0.4) is 0 Å². The number of halogens is 1. The zero-order valence-electron chi connectivity index (χ0n) is 16.4. The summed E-state index contributed by atoms with van der Waals surface area (Å²) >= 11 is 0. The first-order valence-electron chi connectivity index (χ1n) is 9.19. The van der Waals surface area contributed by atoms with Crippen molar-refractivity contribution < 1.29 is 14.4 Å². The van der Waals surface area contributed by atoms with Crippen LogP contribution in [0.25, 0.3) is 0 Å². The molecular formula is C23H25FN2O2. The molecule has 0 saturated heterocycles. The summed E-state index contributed by atoms with van der Waals surface area (Å²) in [6.45, 7) is 7.87. The highest BCUT2D eigenvalue weighted by atomic mass is 19.1. The largest absolute Gasteiger partial charge is 0.345 e. The molecular weight excluding hydrogens is 355 g/mol. The van der Waals surface area contributed by atoms with Crippen molar-refractivity contribution in [2.24, 2.45) is 0 Å². The lowest BCUT2D eigenvalue weighted by Gasteiger charge is -2.31. The molecule has 0 bridgehead atoms. The Kier molecular flexibility index (Phi) is 5.38. The summed E-state index contributed by atoms with van der Waals surface area (Å²) in [6, 6.07) is 12.4. The van der Waals surface area contributed by atoms with Crippen LogP contribution in [0.5, 0.6) is 0 Å². The number of allylic oxidation sites excluding steroid dienone is 3. The molecule has 5 heteroatoms. The molecule has 0 aliphatic heterocycles. The van der Waals surface area contributed by atoms with Crippen molar-refractivity contribution in [3.8, 4) is 0 Å². The van der Waals surface area contributed by atoms with Gasteiger partial charge in [-0.3, -0.25) is 10.0 Å². The Morgan fingerprint density at radius 1 is 1.21 bits per heavy atom. The maximum atomic E-state index is 14.4. The molecule has 2 N–H and O–H groups in total. The maximum absolute atomic E-state index is 14.4. The van der Waals surface area contributed by atoms with Gasteiger partial charge in [0.2, 0.25) is 0 Å². The van der Waals surface area contributed by atoms with E-state index in [1.807, 2.05) is 37.5 Å². The van der Waals surface area contributed by atoms with Gasteiger partial charge >= 0.3 is 0 Å². The molecule has 146 valence electrons. The Morgan fingerprint density at radius 3 is 2.57 bits per heavy atom. The van der Waals surface area contributed by atoms with E-state index in [1.54, 1.807) is 36.2 Å². The molecule has 2 aromatic carbocycles. The fraction of sp³-hybridized carbons (Fsp3) is 0.261. The molecule has 3 rings (SSSR count). The summed E-state index contributed by atoms with van der Waals surface area (Å²) in [5.74, 6) is -0.811. The van der Waals surface area contributed by atoms with Crippen LogP contribution in [0, 0.1) is 19.7 Å². The third-order valence-electron chi connectivity index (χ3n) is 5.85. The van der Waals surface area contributed by atoms with Crippen molar-refractivity contribution in [3.63, 3.8) is 0 Å². The molecule has 2 aromatic rings. The smallest absolute Gasteiger partial charge is 0.254 e. The predicted octanol–water partition coefficient (Wildman–Crippen LogP) is 4.56. The minimum absolute atomic E-state index is 0.329. The van der Waals surface area contributed by atoms with Crippen LogP contribution < -0.4 is 10.4 Å². The molecule has 4 nitrogen and oxygen atoms in total. The number of aryl methyl sites for hydroxylation is 1. The Hall–Kier alpha value is -2.92. The van der Waals surface area contributed by atoms with Gasteiger partial charge in [-0.1, -0.05) is 43.0 Å². The highest BCUT2D eigenvalue weighted by molar-refractivity contribution is 5.90. The molecule has 0 saturated carbocycles. The lowest BCUT2D eigenvalue weighted by Crippen LogP contribution is -2.43. The summed E-state index contributed by atoms with van der Waals surface area (Å²) in [5.41, 5.74) is 5.90. The normalized spacial score (nSPS) is 18.9. The molecule has 0 heterocycles. The topological polar surface area (TPSA) is 52.6 Å². The standard InChI is InChI=1S/C23H25FN2O2/c1-5-17-13-23(22(27)25-28,18-10-8-9-15(2)16(18)3)14-21(17)26(4)20-12-7-6-11-19(20)24/h5-12,28H,1,13-14H2,2-4H3,(H,25,27)/t23-/m0/s1. The predicted molar refractivity (Wildman–Crippen MR) is 109 cm³/mol. The molecule has 1 aliphatic rings. The van der Waals surface area contributed by atoms with Gasteiger partial charge in [-0.15, -0.1) is 0 Å². The second-order valence-electron chi connectivity index (χ2n) is 7.31. The number of carbonyl (C=O) groups is 1. The summed E-state index contributed by atoms with van der Waals surface area (Å²) in [7, 11) is 1.78. The zero-order chi connectivity index (χ0) is 20.5. The molecule has 0 unspecified atom stereocenters. The number of nitrogens with one attached hydrogen (secondary N) is 1. The third-order valence-corrected chi connectivity index (χ3v) is 5.85. The van der Waals surface area contributed by atoms with E-state index in [-0.39, 0.29) is 5.82 Å². The van der Waals surface area contributed by atoms with Crippen molar-refractivity contribution >= 4 is 11.6 Å². The molecule has 0 aromatic heterocycles. The first-order chi connectivity index (χ1) is 13.4. The number of para-hydroxylation sites is 1. The number of anilines is 1. The highest BCUT2D eigenvalue weighted by Gasteiger charge is 2.47. The van der Waals surface area contributed by atoms with Crippen molar-refractivity contribution in [1.29, 1.82) is 0 Å². The monoisotopic (exact) mass is 380 g/mol. The van der Waals surface area contributed by atoms with Crippen molar-refractivity contribution in [2.75, 3.05) is 11.9 Å². The average molecular weight is 380 g/mol. The molecule has 1 aliphatic carbocycles. The number of benzene rings is 2. The van der Waals surface area contributed by atoms with Gasteiger partial charge in [0.05, 0.1) is 11.1 Å². The highest BCUT2D eigenvalue weighted by Crippen LogP contribution is 2.48. The van der Waals surface area contributed by atoms with Gasteiger partial charge in [-0.25, -0.2) is 9.87 Å². The summed E-state index contributed by atoms with van der Waals surface area (Å²) < 4.78 is 14.4. The quantitative estimate of drug-likeness (QED) is 0.591. The average Bonchev–Trinajstić information content (AvgIpc) is 3.10. The minimum Gasteiger partial charge on any atom is -0.345 e. The van der Waals surface area contributed by atoms with Crippen LogP contribution in [0.4, 0.5) is 10.1 Å². The molecule has 0 fully saturated rings. The Labute approximate surface area is 165 Å². The number of carbonyl (C=O) groups excluding carboxylic acids is 1. The van der Waals surface area contributed by atoms with Gasteiger partial charge in [0, 0.05) is 19.2 Å². The van der Waals surface area contributed by atoms with Crippen molar-refractivity contribution in [1.82, 2.24) is 5.48 Å². The number of hydroxylamine groups is 1. The fourth-order valence-corrected chi connectivity index (χ4v) is 4.13. The van der Waals surface area contributed by atoms with E-state index >= 15 is 0 Å². The number of rotatable bonds is 5. The number of amides is 1. The maximum Gasteiger partial charge on any atom is 0.254 e. The van der Waals surface area contributed by atoms with E-state index in [0.29, 0.717) is 18.5 Å². The minimum atomic E-state index is -0.983. The number of hydrogen-bond acceptors (Lipinski definition) is 3. The van der Waals surface area contributed by atoms with Gasteiger partial charge in [0.15, 0.2) is 0 Å². The lowest BCUT2D eigenvalue weighted by molar-refractivity contribution is -0.135. The first kappa shape index (κ1) is 19.8. The van der Waals surface area contributed by atoms with E-state index in [4.69, 9.17) is 0 Å². The van der Waals surface area contributed by atoms with Gasteiger partial charge in [-0.2, -0.15) is 0 Å². The fourth-order valence-electron chi connectivity index (χ4n) is 4.13. The summed E-state index contributed by atoms with van der Waals surface area (Å²) in [4.78, 5) is 14.7. The van der Waals surface area contributed by atoms with Crippen LogP contribution in [0.15, 0.2) is 66.4 Å². The van der Waals surface area contributed by atoms with Crippen LogP contribution in [-0.4, -0.2) is 18.2 Å². The Bertz CT molecular complexity index is 967. The van der Waals surface area contributed by atoms with Gasteiger partial charge in [-0.05, 0) is 54.7 Å². The van der Waals surface area contributed by atoms with Crippen LogP contribution >= 0.6 is 0 Å². The molecule has 1 amide bonds. The zero-order valence-corrected chi connectivity index (χ0v) is 16.4. The van der Waals surface area contributed by atoms with Crippen LogP contribution in [-0.2, 0) is 10.2 Å². The molecule has 0 radical (unpaired) electrons. The Morgan fingerprint density at radius 2 is 1.93 bits per heavy atom. The van der Waals surface area contributed by atoms with Crippen LogP contribution in [0.2, 0.25) is 0 Å². The van der Waals surface area contributed by atoms with E-state index in [9.17, 15) is 14.4 Å². The first-order valence-corrected chi connectivity index (χ1v) is 9.19. The van der Waals surface area contributed by atoms with Gasteiger partial charge < -0.3 is 4.90 Å². The van der Waals surface area contributed by atoms with Gasteiger partial charge in [0.25, 0.3) is 5.91 Å². The summed E-state index contributed by atoms with van der Waals surface area (Å²) in [5, 5.41) is 9.51. The Balaban J connectivity index is 2.12. The molecule has 1 atom stereocenters. The van der Waals surface area contributed by atoms with Gasteiger partial charge in [0.1, 0.15) is 5.82 Å². The number of hydrogen-bond donors (Lipinski definition) is 2. The third kappa shape index (κ3) is 3.12. The van der Waals surface area contributed by atoms with Crippen molar-refractivity contribution in [2.45, 2.75) is 32.1 Å². The van der Waals surface area contributed by atoms with E-state index < -0.39 is 11.3 Å². The van der Waals surface area contributed by atoms with Crippen LogP contribution in [0.1, 0.15) is 29.5 Å². The SMILES string of the molecule is C=CC1=C(N(C)c2ccccc2F)C[C@](C(=O)NO)(c2cccc(C)c2C)C1. The van der Waals surface area contributed by atoms with E-state index in [0.717, 1.165) is 28.0 Å². The van der Waals surface area contributed by atoms with Crippen molar-refractivity contribution in [3.05, 3.63) is 88.9 Å². The summed E-state index contributed by atoms with van der Waals surface area (Å²) in [6.07, 6.45) is 2.42. The second-order valence-corrected chi connectivity index (χ2v) is 7.31. The van der Waals surface area contributed by atoms with E-state index in [2.05, 4.69) is 6.58 Å². The van der Waals surface area contributed by atoms with E-state index in [1.165, 1.54) is 6.07 Å². The second kappa shape index (κ2) is 7.60. The number of nitrogens with zero attached hydrogens (tertiary/aromatic N) is 1.